The average molecular weight is 561 g/mol. The van der Waals surface area contributed by atoms with Crippen molar-refractivity contribution in [2.24, 2.45) is 10.3 Å². The number of anilines is 2. The van der Waals surface area contributed by atoms with Crippen molar-refractivity contribution in [3.8, 4) is 5.82 Å². The first-order valence-corrected chi connectivity index (χ1v) is 15.7. The van der Waals surface area contributed by atoms with Crippen LogP contribution in [-0.2, 0) is 35.7 Å². The minimum atomic E-state index is -2.42. The molecule has 4 heterocycles. The number of hydrogen-bond donors (Lipinski definition) is 1. The summed E-state index contributed by atoms with van der Waals surface area (Å²) in [5.41, 5.74) is 5.19. The molecule has 0 unspecified atom stereocenters. The van der Waals surface area contributed by atoms with E-state index in [0.717, 1.165) is 31.6 Å². The molecule has 0 saturated heterocycles. The Labute approximate surface area is 235 Å². The molecule has 0 fully saturated rings. The third-order valence-corrected chi connectivity index (χ3v) is 7.36. The second-order valence-electron chi connectivity index (χ2n) is 11.0. The van der Waals surface area contributed by atoms with Gasteiger partial charge in [-0.1, -0.05) is 26.0 Å². The van der Waals surface area contributed by atoms with Crippen LogP contribution in [0.5, 0.6) is 0 Å². The van der Waals surface area contributed by atoms with E-state index in [9.17, 15) is 9.00 Å². The average Bonchev–Trinajstić information content (AvgIpc) is 3.13. The summed E-state index contributed by atoms with van der Waals surface area (Å²) in [6, 6.07) is 9.59. The van der Waals surface area contributed by atoms with Crippen LogP contribution >= 0.6 is 0 Å². The van der Waals surface area contributed by atoms with Gasteiger partial charge in [-0.15, -0.1) is 6.58 Å². The van der Waals surface area contributed by atoms with Crippen molar-refractivity contribution in [2.75, 3.05) is 31.4 Å². The molecule has 1 aliphatic heterocycles. The highest BCUT2D eigenvalue weighted by atomic mass is 32.2. The fourth-order valence-electron chi connectivity index (χ4n) is 5.17. The van der Waals surface area contributed by atoms with Crippen LogP contribution in [-0.4, -0.2) is 59.5 Å². The number of rotatable bonds is 8. The number of benzene rings is 1. The smallest absolute Gasteiger partial charge is 0.278 e. The highest BCUT2D eigenvalue weighted by molar-refractivity contribution is 7.92. The minimum Gasteiger partial charge on any atom is -0.324 e. The van der Waals surface area contributed by atoms with Gasteiger partial charge in [0.15, 0.2) is 17.3 Å². The van der Waals surface area contributed by atoms with Gasteiger partial charge in [0.1, 0.15) is 5.39 Å². The Morgan fingerprint density at radius 2 is 2.02 bits per heavy atom. The summed E-state index contributed by atoms with van der Waals surface area (Å²) in [5, 5.41) is 3.75. The van der Waals surface area contributed by atoms with Crippen LogP contribution in [0.1, 0.15) is 30.5 Å². The molecule has 0 atom stereocenters. The first kappa shape index (κ1) is 27.7. The van der Waals surface area contributed by atoms with E-state index in [2.05, 4.69) is 64.2 Å². The number of nitrogens with one attached hydrogen (secondary N) is 1. The third kappa shape index (κ3) is 5.85. The minimum absolute atomic E-state index is 0.246. The lowest BCUT2D eigenvalue weighted by Crippen LogP contribution is -2.27. The van der Waals surface area contributed by atoms with E-state index in [-0.39, 0.29) is 12.1 Å². The Balaban J connectivity index is 1.62. The maximum atomic E-state index is 13.3. The van der Waals surface area contributed by atoms with Crippen molar-refractivity contribution >= 4 is 38.2 Å². The zero-order valence-corrected chi connectivity index (χ0v) is 24.5. The van der Waals surface area contributed by atoms with Gasteiger partial charge in [0.05, 0.1) is 6.54 Å². The lowest BCUT2D eigenvalue weighted by Gasteiger charge is -2.28. The summed E-state index contributed by atoms with van der Waals surface area (Å²) >= 11 is 0. The lowest BCUT2D eigenvalue weighted by molar-refractivity contribution is 0.312. The maximum Gasteiger partial charge on any atom is 0.278 e. The molecule has 0 spiro atoms. The van der Waals surface area contributed by atoms with Crippen molar-refractivity contribution in [2.45, 2.75) is 39.8 Å². The zero-order chi connectivity index (χ0) is 28.6. The molecule has 5 rings (SSSR count). The Hall–Kier alpha value is -3.83. The first-order valence-electron chi connectivity index (χ1n) is 13.4. The summed E-state index contributed by atoms with van der Waals surface area (Å²) in [4.78, 5) is 29.5. The molecule has 3 aromatic heterocycles. The zero-order valence-electron chi connectivity index (χ0n) is 23.7. The molecule has 11 heteroatoms. The van der Waals surface area contributed by atoms with Crippen molar-refractivity contribution in [1.82, 2.24) is 29.2 Å². The van der Waals surface area contributed by atoms with Gasteiger partial charge in [0.25, 0.3) is 5.56 Å². The standard InChI is InChI=1S/C29H36N8O2S/c1-7-12-36-28(38)24-17-30-29(33-27(24)37(36)26-10-8-9-25(32-26)34-40(5,6)39)31-22-15-20(14-19(2)3)23-11-13-35(4)18-21(23)16-22/h7-10,15-17,19H,1,11-14,18H2,2-6H3,(H,30,31,33). The second kappa shape index (κ2) is 11.0. The number of hydrogen-bond acceptors (Lipinski definition) is 8. The molecule has 4 aromatic rings. The van der Waals surface area contributed by atoms with Gasteiger partial charge in [0.2, 0.25) is 5.95 Å². The predicted molar refractivity (Wildman–Crippen MR) is 162 cm³/mol. The van der Waals surface area contributed by atoms with Crippen molar-refractivity contribution in [1.29, 1.82) is 0 Å². The molecule has 210 valence electrons. The molecular weight excluding hydrogens is 524 g/mol. The Kier molecular flexibility index (Phi) is 7.61. The predicted octanol–water partition coefficient (Wildman–Crippen LogP) is 4.45. The van der Waals surface area contributed by atoms with E-state index < -0.39 is 9.73 Å². The van der Waals surface area contributed by atoms with Gasteiger partial charge < -0.3 is 10.2 Å². The van der Waals surface area contributed by atoms with Crippen LogP contribution in [0.4, 0.5) is 17.5 Å². The molecule has 1 aromatic carbocycles. The highest BCUT2D eigenvalue weighted by Crippen LogP contribution is 2.29. The molecule has 0 aliphatic carbocycles. The highest BCUT2D eigenvalue weighted by Gasteiger charge is 2.21. The van der Waals surface area contributed by atoms with Crippen LogP contribution < -0.4 is 10.9 Å². The molecular formula is C29H36N8O2S. The second-order valence-corrected chi connectivity index (χ2v) is 13.6. The van der Waals surface area contributed by atoms with Crippen molar-refractivity contribution < 1.29 is 4.21 Å². The van der Waals surface area contributed by atoms with Crippen LogP contribution in [0.15, 0.2) is 58.3 Å². The van der Waals surface area contributed by atoms with Gasteiger partial charge in [0, 0.05) is 47.2 Å². The van der Waals surface area contributed by atoms with E-state index in [4.69, 9.17) is 4.98 Å². The normalized spacial score (nSPS) is 13.9. The molecule has 40 heavy (non-hydrogen) atoms. The monoisotopic (exact) mass is 560 g/mol. The van der Waals surface area contributed by atoms with E-state index in [1.165, 1.54) is 21.4 Å². The van der Waals surface area contributed by atoms with Gasteiger partial charge in [-0.05, 0) is 66.8 Å². The molecule has 1 aliphatic rings. The van der Waals surface area contributed by atoms with Gasteiger partial charge >= 0.3 is 0 Å². The third-order valence-electron chi connectivity index (χ3n) is 6.73. The van der Waals surface area contributed by atoms with Crippen LogP contribution in [0.2, 0.25) is 0 Å². The quantitative estimate of drug-likeness (QED) is 0.317. The first-order chi connectivity index (χ1) is 19.0. The summed E-state index contributed by atoms with van der Waals surface area (Å²) in [5.74, 6) is 1.66. The topological polar surface area (TPSA) is 110 Å². The van der Waals surface area contributed by atoms with E-state index >= 15 is 0 Å². The molecule has 0 saturated carbocycles. The van der Waals surface area contributed by atoms with Gasteiger partial charge in [-0.3, -0.25) is 4.79 Å². The largest absolute Gasteiger partial charge is 0.324 e. The lowest BCUT2D eigenvalue weighted by atomic mass is 9.89. The summed E-state index contributed by atoms with van der Waals surface area (Å²) in [6.45, 7) is 10.5. The molecule has 10 nitrogen and oxygen atoms in total. The van der Waals surface area contributed by atoms with E-state index in [0.29, 0.717) is 34.5 Å². The van der Waals surface area contributed by atoms with Crippen LogP contribution in [0.3, 0.4) is 0 Å². The Morgan fingerprint density at radius 1 is 1.23 bits per heavy atom. The SMILES string of the molecule is C=CCn1c(=O)c2cnc(Nc3cc(CC(C)C)c4c(c3)CN(C)CC4)nc2n1-c1cccc(N=S(C)(C)=O)n1. The molecule has 0 amide bonds. The van der Waals surface area contributed by atoms with Crippen LogP contribution in [0, 0.1) is 5.92 Å². The fraction of sp³-hybridized carbons (Fsp3) is 0.379. The van der Waals surface area contributed by atoms with Crippen LogP contribution in [0.25, 0.3) is 16.9 Å². The van der Waals surface area contributed by atoms with E-state index in [1.54, 1.807) is 47.7 Å². The van der Waals surface area contributed by atoms with Crippen molar-refractivity contribution in [3.05, 3.63) is 76.2 Å². The molecule has 0 bridgehead atoms. The van der Waals surface area contributed by atoms with Crippen molar-refractivity contribution in [3.63, 3.8) is 0 Å². The maximum absolute atomic E-state index is 13.3. The molecule has 0 radical (unpaired) electrons. The number of nitrogens with zero attached hydrogens (tertiary/aromatic N) is 7. The number of fused-ring (bicyclic) bond motifs is 2. The summed E-state index contributed by atoms with van der Waals surface area (Å²) in [7, 11) is -0.273. The Bertz CT molecular complexity index is 1770. The summed E-state index contributed by atoms with van der Waals surface area (Å²) < 4.78 is 19.7. The Morgan fingerprint density at radius 3 is 2.75 bits per heavy atom. The molecule has 1 N–H and O–H groups in total. The fourth-order valence-corrected chi connectivity index (χ4v) is 5.72. The van der Waals surface area contributed by atoms with Gasteiger partial charge in [-0.2, -0.15) is 9.35 Å². The van der Waals surface area contributed by atoms with E-state index in [1.807, 2.05) is 0 Å². The number of pyridine rings is 1. The number of aromatic nitrogens is 5. The summed E-state index contributed by atoms with van der Waals surface area (Å²) in [6.07, 6.45) is 8.34. The number of likely N-dealkylation sites (N-methyl/N-ethyl adjacent to an activating group) is 1. The number of allylic oxidation sites excluding steroid dienone is 1. The van der Waals surface area contributed by atoms with Gasteiger partial charge in [-0.25, -0.2) is 23.5 Å².